The van der Waals surface area contributed by atoms with Gasteiger partial charge < -0.3 is 19.6 Å². The molecule has 0 aliphatic heterocycles. The number of nitro groups is 2. The SMILES string of the molecule is COc1cc([N+](=O)[O-])c([N+](=O)[O-])nc1OC. The molecular weight excluding hydrogens is 222 g/mol. The van der Waals surface area contributed by atoms with Gasteiger partial charge in [-0.15, -0.1) is 0 Å². The first-order valence-corrected chi connectivity index (χ1v) is 3.93. The van der Waals surface area contributed by atoms with Crippen molar-refractivity contribution < 1.29 is 19.3 Å². The van der Waals surface area contributed by atoms with Crippen LogP contribution < -0.4 is 9.47 Å². The Labute approximate surface area is 88.9 Å². The summed E-state index contributed by atoms with van der Waals surface area (Å²) in [5.41, 5.74) is -0.748. The number of hydrogen-bond donors (Lipinski definition) is 0. The summed E-state index contributed by atoms with van der Waals surface area (Å²) in [6.45, 7) is 0. The Morgan fingerprint density at radius 2 is 1.81 bits per heavy atom. The average Bonchev–Trinajstić information content (AvgIpc) is 2.26. The van der Waals surface area contributed by atoms with Crippen LogP contribution in [0.25, 0.3) is 0 Å². The zero-order chi connectivity index (χ0) is 12.3. The Kier molecular flexibility index (Phi) is 3.18. The van der Waals surface area contributed by atoms with Crippen molar-refractivity contribution in [2.45, 2.75) is 0 Å². The Hall–Kier alpha value is -2.45. The summed E-state index contributed by atoms with van der Waals surface area (Å²) >= 11 is 0. The van der Waals surface area contributed by atoms with E-state index >= 15 is 0 Å². The van der Waals surface area contributed by atoms with E-state index in [1.165, 1.54) is 14.2 Å². The van der Waals surface area contributed by atoms with E-state index in [1.807, 2.05) is 0 Å². The molecule has 0 saturated carbocycles. The molecule has 0 aliphatic rings. The summed E-state index contributed by atoms with van der Waals surface area (Å²) in [6, 6.07) is 0.893. The number of nitrogens with zero attached hydrogens (tertiary/aromatic N) is 3. The van der Waals surface area contributed by atoms with Crippen molar-refractivity contribution in [3.8, 4) is 11.6 Å². The minimum atomic E-state index is -0.958. The zero-order valence-electron chi connectivity index (χ0n) is 8.37. The molecular formula is C7H7N3O6. The molecule has 0 radical (unpaired) electrons. The maximum atomic E-state index is 10.6. The van der Waals surface area contributed by atoms with Gasteiger partial charge in [-0.2, -0.15) is 0 Å². The van der Waals surface area contributed by atoms with E-state index in [9.17, 15) is 20.2 Å². The third kappa shape index (κ3) is 1.97. The summed E-state index contributed by atoms with van der Waals surface area (Å²) in [4.78, 5) is 22.6. The highest BCUT2D eigenvalue weighted by atomic mass is 16.6. The van der Waals surface area contributed by atoms with Crippen LogP contribution in [0.4, 0.5) is 11.5 Å². The first kappa shape index (κ1) is 11.6. The van der Waals surface area contributed by atoms with Gasteiger partial charge in [0, 0.05) is 4.98 Å². The average molecular weight is 229 g/mol. The molecule has 1 heterocycles. The van der Waals surface area contributed by atoms with E-state index in [2.05, 4.69) is 4.98 Å². The van der Waals surface area contributed by atoms with Gasteiger partial charge in [0.1, 0.15) is 0 Å². The summed E-state index contributed by atoms with van der Waals surface area (Å²) < 4.78 is 9.45. The number of methoxy groups -OCH3 is 2. The van der Waals surface area contributed by atoms with Gasteiger partial charge >= 0.3 is 17.4 Å². The number of pyridine rings is 1. The number of rotatable bonds is 4. The smallest absolute Gasteiger partial charge is 0.446 e. The van der Waals surface area contributed by atoms with Crippen molar-refractivity contribution in [3.05, 3.63) is 26.3 Å². The molecule has 1 aromatic rings. The van der Waals surface area contributed by atoms with Crippen LogP contribution in [0.1, 0.15) is 0 Å². The van der Waals surface area contributed by atoms with Crippen LogP contribution in [0, 0.1) is 20.2 Å². The van der Waals surface area contributed by atoms with Crippen molar-refractivity contribution in [1.29, 1.82) is 0 Å². The minimum Gasteiger partial charge on any atom is -0.489 e. The Morgan fingerprint density at radius 3 is 2.19 bits per heavy atom. The van der Waals surface area contributed by atoms with Crippen LogP contribution in [0.3, 0.4) is 0 Å². The fourth-order valence-corrected chi connectivity index (χ4v) is 1.02. The number of aromatic nitrogens is 1. The second-order valence-corrected chi connectivity index (χ2v) is 2.56. The van der Waals surface area contributed by atoms with Gasteiger partial charge in [-0.1, -0.05) is 0 Å². The maximum Gasteiger partial charge on any atom is 0.446 e. The third-order valence-corrected chi connectivity index (χ3v) is 1.70. The van der Waals surface area contributed by atoms with Crippen LogP contribution in [-0.2, 0) is 0 Å². The van der Waals surface area contributed by atoms with Crippen LogP contribution in [0.2, 0.25) is 0 Å². The molecule has 0 unspecified atom stereocenters. The fourth-order valence-electron chi connectivity index (χ4n) is 1.02. The van der Waals surface area contributed by atoms with Gasteiger partial charge in [-0.25, -0.2) is 0 Å². The summed E-state index contributed by atoms with van der Waals surface area (Å²) in [6.07, 6.45) is 0. The second kappa shape index (κ2) is 4.38. The Balaban J connectivity index is 3.47. The lowest BCUT2D eigenvalue weighted by Crippen LogP contribution is -2.02. The van der Waals surface area contributed by atoms with E-state index in [4.69, 9.17) is 9.47 Å². The third-order valence-electron chi connectivity index (χ3n) is 1.70. The maximum absolute atomic E-state index is 10.6. The van der Waals surface area contributed by atoms with Gasteiger partial charge in [0.2, 0.25) is 5.75 Å². The Bertz CT molecular complexity index is 405. The summed E-state index contributed by atoms with van der Waals surface area (Å²) in [7, 11) is 2.47. The molecule has 0 aliphatic carbocycles. The van der Waals surface area contributed by atoms with Gasteiger partial charge in [-0.05, 0) is 4.92 Å². The Morgan fingerprint density at radius 1 is 1.19 bits per heavy atom. The van der Waals surface area contributed by atoms with Crippen molar-refractivity contribution in [3.63, 3.8) is 0 Å². The standard InChI is InChI=1S/C7H7N3O6/c1-15-5-3-4(9(11)12)6(10(13)14)8-7(5)16-2/h3H,1-2H3. The van der Waals surface area contributed by atoms with Crippen LogP contribution >= 0.6 is 0 Å². The van der Waals surface area contributed by atoms with E-state index < -0.39 is 21.4 Å². The molecule has 0 saturated heterocycles. The lowest BCUT2D eigenvalue weighted by molar-refractivity contribution is -0.425. The van der Waals surface area contributed by atoms with Gasteiger partial charge in [-0.3, -0.25) is 10.1 Å². The summed E-state index contributed by atoms with van der Waals surface area (Å²) in [5.74, 6) is -1.11. The molecule has 0 N–H and O–H groups in total. The summed E-state index contributed by atoms with van der Waals surface area (Å²) in [5, 5.41) is 21.1. The van der Waals surface area contributed by atoms with Crippen LogP contribution in [0.5, 0.6) is 11.6 Å². The molecule has 0 aromatic carbocycles. The van der Waals surface area contributed by atoms with Gasteiger partial charge in [0.25, 0.3) is 0 Å². The molecule has 9 nitrogen and oxygen atoms in total. The van der Waals surface area contributed by atoms with Crippen LogP contribution in [0.15, 0.2) is 6.07 Å². The number of hydrogen-bond acceptors (Lipinski definition) is 7. The van der Waals surface area contributed by atoms with Crippen molar-refractivity contribution >= 4 is 11.5 Å². The molecule has 0 atom stereocenters. The molecule has 1 aromatic heterocycles. The highest BCUT2D eigenvalue weighted by Crippen LogP contribution is 2.34. The molecule has 0 amide bonds. The molecule has 86 valence electrons. The van der Waals surface area contributed by atoms with E-state index in [1.54, 1.807) is 0 Å². The van der Waals surface area contributed by atoms with Crippen LogP contribution in [-0.4, -0.2) is 29.1 Å². The molecule has 0 spiro atoms. The number of ether oxygens (including phenoxy) is 2. The minimum absolute atomic E-state index is 0.0419. The quantitative estimate of drug-likeness (QED) is 0.556. The predicted molar refractivity (Wildman–Crippen MR) is 50.6 cm³/mol. The van der Waals surface area contributed by atoms with E-state index in [0.717, 1.165) is 6.07 Å². The lowest BCUT2D eigenvalue weighted by atomic mass is 10.3. The molecule has 9 heteroatoms. The molecule has 0 bridgehead atoms. The van der Waals surface area contributed by atoms with Gasteiger partial charge in [0.15, 0.2) is 0 Å². The fraction of sp³-hybridized carbons (Fsp3) is 0.286. The monoisotopic (exact) mass is 229 g/mol. The molecule has 0 fully saturated rings. The second-order valence-electron chi connectivity index (χ2n) is 2.56. The molecule has 16 heavy (non-hydrogen) atoms. The molecule has 1 rings (SSSR count). The zero-order valence-corrected chi connectivity index (χ0v) is 8.37. The normalized spacial score (nSPS) is 9.62. The highest BCUT2D eigenvalue weighted by Gasteiger charge is 2.31. The lowest BCUT2D eigenvalue weighted by Gasteiger charge is -2.02. The van der Waals surface area contributed by atoms with Crippen molar-refractivity contribution in [2.75, 3.05) is 14.2 Å². The predicted octanol–water partition coefficient (Wildman–Crippen LogP) is 0.915. The van der Waals surface area contributed by atoms with Crippen molar-refractivity contribution in [1.82, 2.24) is 4.98 Å². The van der Waals surface area contributed by atoms with E-state index in [0.29, 0.717) is 0 Å². The largest absolute Gasteiger partial charge is 0.489 e. The van der Waals surface area contributed by atoms with Gasteiger partial charge in [0.05, 0.1) is 25.2 Å². The first-order chi connectivity index (χ1) is 7.51. The van der Waals surface area contributed by atoms with E-state index in [-0.39, 0.29) is 11.6 Å². The topological polar surface area (TPSA) is 118 Å². The first-order valence-electron chi connectivity index (χ1n) is 3.93. The van der Waals surface area contributed by atoms with Crippen molar-refractivity contribution in [2.24, 2.45) is 0 Å². The highest BCUT2D eigenvalue weighted by molar-refractivity contribution is 5.54.